The van der Waals surface area contributed by atoms with E-state index in [9.17, 15) is 8.78 Å². The maximum absolute atomic E-state index is 13.9. The lowest BCUT2D eigenvalue weighted by Gasteiger charge is -2.26. The van der Waals surface area contributed by atoms with Gasteiger partial charge in [-0.25, -0.2) is 14.2 Å². The van der Waals surface area contributed by atoms with Crippen LogP contribution in [-0.2, 0) is 0 Å². The molecule has 1 unspecified atom stereocenters. The van der Waals surface area contributed by atoms with Gasteiger partial charge in [0, 0.05) is 5.56 Å². The van der Waals surface area contributed by atoms with Gasteiger partial charge in [0.05, 0.1) is 6.04 Å². The molecule has 0 bridgehead atoms. The second-order valence-electron chi connectivity index (χ2n) is 5.53. The molecule has 0 spiro atoms. The Kier molecular flexibility index (Phi) is 3.99. The average Bonchev–Trinajstić information content (AvgIpc) is 2.42. The summed E-state index contributed by atoms with van der Waals surface area (Å²) in [6.45, 7) is 0. The average molecular weight is 288 g/mol. The Morgan fingerprint density at radius 3 is 2.10 bits per heavy atom. The molecule has 1 atom stereocenters. The van der Waals surface area contributed by atoms with Crippen molar-refractivity contribution in [3.05, 3.63) is 70.8 Å². The van der Waals surface area contributed by atoms with Gasteiger partial charge in [-0.1, -0.05) is 36.8 Å². The molecule has 1 aliphatic rings. The fourth-order valence-corrected chi connectivity index (χ4v) is 2.83. The van der Waals surface area contributed by atoms with E-state index in [2.05, 4.69) is 5.43 Å². The lowest BCUT2D eigenvalue weighted by Crippen LogP contribution is -2.30. The predicted octanol–water partition coefficient (Wildman–Crippen LogP) is 3.79. The number of hydrazine groups is 1. The topological polar surface area (TPSA) is 38.0 Å². The molecular formula is C17H18F2N2. The third-order valence-corrected chi connectivity index (χ3v) is 4.30. The molecule has 2 nitrogen and oxygen atoms in total. The maximum Gasteiger partial charge on any atom is 0.131 e. The van der Waals surface area contributed by atoms with E-state index >= 15 is 0 Å². The first kappa shape index (κ1) is 14.2. The number of benzene rings is 2. The van der Waals surface area contributed by atoms with E-state index in [-0.39, 0.29) is 5.56 Å². The van der Waals surface area contributed by atoms with Crippen molar-refractivity contribution in [1.82, 2.24) is 5.43 Å². The largest absolute Gasteiger partial charge is 0.271 e. The van der Waals surface area contributed by atoms with Crippen LogP contribution in [-0.4, -0.2) is 0 Å². The number of nitrogens with one attached hydrogen (secondary N) is 1. The molecule has 3 rings (SSSR count). The summed E-state index contributed by atoms with van der Waals surface area (Å²) in [5.41, 5.74) is 4.51. The predicted molar refractivity (Wildman–Crippen MR) is 78.6 cm³/mol. The van der Waals surface area contributed by atoms with Crippen LogP contribution in [0.15, 0.2) is 42.5 Å². The highest BCUT2D eigenvalue weighted by atomic mass is 19.1. The third-order valence-electron chi connectivity index (χ3n) is 4.30. The Bertz CT molecular complexity index is 601. The number of rotatable bonds is 4. The van der Waals surface area contributed by atoms with Crippen LogP contribution in [0, 0.1) is 11.6 Å². The van der Waals surface area contributed by atoms with Gasteiger partial charge in [0.2, 0.25) is 0 Å². The Morgan fingerprint density at radius 2 is 1.62 bits per heavy atom. The highest BCUT2D eigenvalue weighted by Gasteiger charge is 2.22. The van der Waals surface area contributed by atoms with Crippen LogP contribution in [0.4, 0.5) is 8.78 Å². The van der Waals surface area contributed by atoms with Crippen molar-refractivity contribution in [3.63, 3.8) is 0 Å². The number of hydrogen-bond acceptors (Lipinski definition) is 2. The summed E-state index contributed by atoms with van der Waals surface area (Å²) in [4.78, 5) is 0. The molecule has 2 aromatic carbocycles. The SMILES string of the molecule is NNC(c1ccc(C2CCC2)cc1)c1c(F)cccc1F. The second-order valence-corrected chi connectivity index (χ2v) is 5.53. The van der Waals surface area contributed by atoms with Crippen LogP contribution in [0.1, 0.15) is 47.9 Å². The first-order chi connectivity index (χ1) is 10.2. The van der Waals surface area contributed by atoms with Crippen molar-refractivity contribution in [1.29, 1.82) is 0 Å². The summed E-state index contributed by atoms with van der Waals surface area (Å²) >= 11 is 0. The maximum atomic E-state index is 13.9. The van der Waals surface area contributed by atoms with Crippen molar-refractivity contribution in [2.75, 3.05) is 0 Å². The van der Waals surface area contributed by atoms with Crippen LogP contribution >= 0.6 is 0 Å². The van der Waals surface area contributed by atoms with Crippen LogP contribution in [0.5, 0.6) is 0 Å². The Labute approximate surface area is 122 Å². The smallest absolute Gasteiger partial charge is 0.131 e. The molecule has 0 saturated heterocycles. The monoisotopic (exact) mass is 288 g/mol. The van der Waals surface area contributed by atoms with E-state index in [0.29, 0.717) is 5.92 Å². The molecule has 0 aromatic heterocycles. The van der Waals surface area contributed by atoms with Gasteiger partial charge >= 0.3 is 0 Å². The molecule has 1 fully saturated rings. The van der Waals surface area contributed by atoms with Crippen molar-refractivity contribution in [2.24, 2.45) is 5.84 Å². The minimum atomic E-state index is -0.693. The molecule has 21 heavy (non-hydrogen) atoms. The van der Waals surface area contributed by atoms with Gasteiger partial charge in [-0.2, -0.15) is 0 Å². The van der Waals surface area contributed by atoms with Crippen LogP contribution in [0.2, 0.25) is 0 Å². The van der Waals surface area contributed by atoms with E-state index in [0.717, 1.165) is 5.56 Å². The molecule has 0 heterocycles. The van der Waals surface area contributed by atoms with Gasteiger partial charge in [0.15, 0.2) is 0 Å². The van der Waals surface area contributed by atoms with Crippen molar-refractivity contribution >= 4 is 0 Å². The lowest BCUT2D eigenvalue weighted by atomic mass is 9.79. The zero-order chi connectivity index (χ0) is 14.8. The molecule has 0 radical (unpaired) electrons. The Balaban J connectivity index is 1.92. The number of halogens is 2. The van der Waals surface area contributed by atoms with Gasteiger partial charge in [0.1, 0.15) is 11.6 Å². The molecule has 0 aliphatic heterocycles. The highest BCUT2D eigenvalue weighted by molar-refractivity contribution is 5.36. The third kappa shape index (κ3) is 2.69. The number of nitrogens with two attached hydrogens (primary N) is 1. The van der Waals surface area contributed by atoms with Crippen molar-refractivity contribution in [2.45, 2.75) is 31.2 Å². The summed E-state index contributed by atoms with van der Waals surface area (Å²) in [6.07, 6.45) is 3.72. The standard InChI is InChI=1S/C17H18F2N2/c18-14-5-2-6-15(19)16(14)17(21-20)13-9-7-12(8-10-13)11-3-1-4-11/h2,5-11,17,21H,1,3-4,20H2. The number of hydrogen-bond donors (Lipinski definition) is 2. The van der Waals surface area contributed by atoms with Gasteiger partial charge in [-0.3, -0.25) is 5.84 Å². The molecule has 2 aromatic rings. The molecule has 0 amide bonds. The zero-order valence-electron chi connectivity index (χ0n) is 11.7. The zero-order valence-corrected chi connectivity index (χ0v) is 11.7. The fraction of sp³-hybridized carbons (Fsp3) is 0.294. The summed E-state index contributed by atoms with van der Waals surface area (Å²) < 4.78 is 27.8. The molecule has 1 saturated carbocycles. The molecular weight excluding hydrogens is 270 g/mol. The first-order valence-electron chi connectivity index (χ1n) is 7.20. The summed E-state index contributed by atoms with van der Waals surface area (Å²) in [7, 11) is 0. The van der Waals surface area contributed by atoms with E-state index in [1.165, 1.54) is 43.0 Å². The lowest BCUT2D eigenvalue weighted by molar-refractivity contribution is 0.419. The summed E-state index contributed by atoms with van der Waals surface area (Å²) in [5, 5.41) is 0. The minimum absolute atomic E-state index is 0.0450. The van der Waals surface area contributed by atoms with Crippen LogP contribution in [0.3, 0.4) is 0 Å². The summed E-state index contributed by atoms with van der Waals surface area (Å²) in [6, 6.07) is 11.0. The van der Waals surface area contributed by atoms with Gasteiger partial charge in [0.25, 0.3) is 0 Å². The second kappa shape index (κ2) is 5.92. The van der Waals surface area contributed by atoms with Crippen LogP contribution < -0.4 is 11.3 Å². The van der Waals surface area contributed by atoms with E-state index in [1.54, 1.807) is 0 Å². The highest BCUT2D eigenvalue weighted by Crippen LogP contribution is 2.37. The van der Waals surface area contributed by atoms with E-state index < -0.39 is 17.7 Å². The fourth-order valence-electron chi connectivity index (χ4n) is 2.83. The van der Waals surface area contributed by atoms with Crippen molar-refractivity contribution in [3.8, 4) is 0 Å². The summed E-state index contributed by atoms with van der Waals surface area (Å²) in [5.74, 6) is 4.97. The van der Waals surface area contributed by atoms with Crippen LogP contribution in [0.25, 0.3) is 0 Å². The van der Waals surface area contributed by atoms with Gasteiger partial charge in [-0.15, -0.1) is 0 Å². The molecule has 110 valence electrons. The van der Waals surface area contributed by atoms with Crippen molar-refractivity contribution < 1.29 is 8.78 Å². The molecule has 4 heteroatoms. The van der Waals surface area contributed by atoms with Gasteiger partial charge in [-0.05, 0) is 42.0 Å². The Hall–Kier alpha value is -1.78. The Morgan fingerprint density at radius 1 is 1.00 bits per heavy atom. The molecule has 1 aliphatic carbocycles. The minimum Gasteiger partial charge on any atom is -0.271 e. The quantitative estimate of drug-likeness (QED) is 0.663. The van der Waals surface area contributed by atoms with E-state index in [4.69, 9.17) is 5.84 Å². The van der Waals surface area contributed by atoms with E-state index in [1.807, 2.05) is 24.3 Å². The normalized spacial score (nSPS) is 16.5. The van der Waals surface area contributed by atoms with Gasteiger partial charge < -0.3 is 0 Å². The molecule has 3 N–H and O–H groups in total. The first-order valence-corrected chi connectivity index (χ1v) is 7.20.